The topological polar surface area (TPSA) is 12.0 Å². The van der Waals surface area contributed by atoms with E-state index in [0.29, 0.717) is 0 Å². The molecule has 2 aromatic rings. The molecular weight excluding hydrogens is 257 g/mol. The van der Waals surface area contributed by atoms with Crippen LogP contribution in [0.25, 0.3) is 0 Å². The second-order valence-corrected chi connectivity index (χ2v) is 6.18. The zero-order chi connectivity index (χ0) is 13.8. The molecule has 0 radical (unpaired) electrons. The van der Waals surface area contributed by atoms with E-state index in [1.54, 1.807) is 17.4 Å². The van der Waals surface area contributed by atoms with E-state index in [9.17, 15) is 4.39 Å². The zero-order valence-corrected chi connectivity index (χ0v) is 12.5. The highest BCUT2D eigenvalue weighted by molar-refractivity contribution is 7.12. The summed E-state index contributed by atoms with van der Waals surface area (Å²) in [5.74, 6) is -0.134. The molecule has 3 heteroatoms. The van der Waals surface area contributed by atoms with Crippen molar-refractivity contribution in [2.24, 2.45) is 0 Å². The summed E-state index contributed by atoms with van der Waals surface area (Å²) in [6.45, 7) is 7.09. The Kier molecular flexibility index (Phi) is 4.72. The van der Waals surface area contributed by atoms with Gasteiger partial charge in [0.05, 0.1) is 6.04 Å². The summed E-state index contributed by atoms with van der Waals surface area (Å²) < 4.78 is 14.1. The Bertz CT molecular complexity index is 547. The van der Waals surface area contributed by atoms with Crippen LogP contribution in [0.2, 0.25) is 0 Å². The first-order valence-corrected chi connectivity index (χ1v) is 7.49. The van der Waals surface area contributed by atoms with Gasteiger partial charge in [-0.3, -0.25) is 0 Å². The van der Waals surface area contributed by atoms with Gasteiger partial charge in [0.2, 0.25) is 0 Å². The van der Waals surface area contributed by atoms with Crippen molar-refractivity contribution >= 4 is 11.3 Å². The van der Waals surface area contributed by atoms with Crippen molar-refractivity contribution in [3.63, 3.8) is 0 Å². The standard InChI is InChI=1S/C16H20FNS/c1-4-9-18-16(15-8-6-12(3)19-15)13-10-11(2)5-7-14(13)17/h5-8,10,16,18H,4,9H2,1-3H3. The third-order valence-corrected chi connectivity index (χ3v) is 4.17. The molecule has 0 bridgehead atoms. The maximum atomic E-state index is 14.1. The van der Waals surface area contributed by atoms with Gasteiger partial charge in [-0.05, 0) is 45.0 Å². The van der Waals surface area contributed by atoms with Gasteiger partial charge >= 0.3 is 0 Å². The molecule has 0 spiro atoms. The Morgan fingerprint density at radius 3 is 2.63 bits per heavy atom. The number of halogens is 1. The van der Waals surface area contributed by atoms with Crippen LogP contribution in [0.1, 0.15) is 40.3 Å². The van der Waals surface area contributed by atoms with Crippen molar-refractivity contribution in [1.82, 2.24) is 5.32 Å². The lowest BCUT2D eigenvalue weighted by atomic mass is 10.0. The van der Waals surface area contributed by atoms with Gasteiger partial charge in [0.1, 0.15) is 5.82 Å². The molecule has 1 atom stereocenters. The Balaban J connectivity index is 2.39. The van der Waals surface area contributed by atoms with E-state index < -0.39 is 0 Å². The van der Waals surface area contributed by atoms with Crippen LogP contribution in [0.5, 0.6) is 0 Å². The van der Waals surface area contributed by atoms with Gasteiger partial charge < -0.3 is 5.32 Å². The first-order valence-electron chi connectivity index (χ1n) is 6.67. The average Bonchev–Trinajstić information content (AvgIpc) is 2.80. The van der Waals surface area contributed by atoms with E-state index in [1.165, 1.54) is 9.75 Å². The number of hydrogen-bond acceptors (Lipinski definition) is 2. The normalized spacial score (nSPS) is 12.6. The molecule has 102 valence electrons. The number of thiophene rings is 1. The minimum Gasteiger partial charge on any atom is -0.306 e. The molecule has 2 rings (SSSR count). The van der Waals surface area contributed by atoms with Crippen LogP contribution in [-0.2, 0) is 0 Å². The molecule has 1 heterocycles. The number of rotatable bonds is 5. The first kappa shape index (κ1) is 14.2. The fourth-order valence-electron chi connectivity index (χ4n) is 2.15. The summed E-state index contributed by atoms with van der Waals surface area (Å²) in [5, 5.41) is 3.45. The summed E-state index contributed by atoms with van der Waals surface area (Å²) in [7, 11) is 0. The van der Waals surface area contributed by atoms with Gasteiger partial charge in [-0.2, -0.15) is 0 Å². The number of benzene rings is 1. The predicted octanol–water partition coefficient (Wildman–Crippen LogP) is 4.59. The molecule has 0 saturated carbocycles. The number of hydrogen-bond donors (Lipinski definition) is 1. The van der Waals surface area contributed by atoms with Gasteiger partial charge in [0.25, 0.3) is 0 Å². The molecule has 1 unspecified atom stereocenters. The molecule has 0 aliphatic heterocycles. The van der Waals surface area contributed by atoms with E-state index >= 15 is 0 Å². The van der Waals surface area contributed by atoms with E-state index in [4.69, 9.17) is 0 Å². The van der Waals surface area contributed by atoms with Gasteiger partial charge in [0.15, 0.2) is 0 Å². The first-order chi connectivity index (χ1) is 9.11. The lowest BCUT2D eigenvalue weighted by Crippen LogP contribution is -2.23. The van der Waals surface area contributed by atoms with Crippen LogP contribution in [0, 0.1) is 19.7 Å². The molecule has 1 nitrogen and oxygen atoms in total. The van der Waals surface area contributed by atoms with E-state index in [2.05, 4.69) is 31.3 Å². The zero-order valence-electron chi connectivity index (χ0n) is 11.7. The highest BCUT2D eigenvalue weighted by Crippen LogP contribution is 2.30. The van der Waals surface area contributed by atoms with Gasteiger partial charge in [-0.25, -0.2) is 4.39 Å². The van der Waals surface area contributed by atoms with Crippen LogP contribution in [0.4, 0.5) is 4.39 Å². The summed E-state index contributed by atoms with van der Waals surface area (Å²) in [6, 6.07) is 9.46. The van der Waals surface area contributed by atoms with E-state index in [1.807, 2.05) is 19.1 Å². The highest BCUT2D eigenvalue weighted by atomic mass is 32.1. The average molecular weight is 277 g/mol. The van der Waals surface area contributed by atoms with Gasteiger partial charge in [-0.15, -0.1) is 11.3 Å². The molecule has 0 saturated heterocycles. The molecule has 1 aromatic carbocycles. The lowest BCUT2D eigenvalue weighted by Gasteiger charge is -2.19. The van der Waals surface area contributed by atoms with Crippen LogP contribution < -0.4 is 5.32 Å². The van der Waals surface area contributed by atoms with Crippen molar-refractivity contribution in [1.29, 1.82) is 0 Å². The number of nitrogens with one attached hydrogen (secondary N) is 1. The van der Waals surface area contributed by atoms with Gasteiger partial charge in [0, 0.05) is 15.3 Å². The van der Waals surface area contributed by atoms with Crippen LogP contribution >= 0.6 is 11.3 Å². The second kappa shape index (κ2) is 6.31. The minimum absolute atomic E-state index is 0.0430. The minimum atomic E-state index is -0.134. The van der Waals surface area contributed by atoms with Crippen molar-refractivity contribution < 1.29 is 4.39 Å². The third kappa shape index (κ3) is 3.43. The fraction of sp³-hybridized carbons (Fsp3) is 0.375. The Hall–Kier alpha value is -1.19. The maximum absolute atomic E-state index is 14.1. The summed E-state index contributed by atoms with van der Waals surface area (Å²) in [4.78, 5) is 2.43. The van der Waals surface area contributed by atoms with Crippen LogP contribution in [0.15, 0.2) is 30.3 Å². The van der Waals surface area contributed by atoms with Crippen LogP contribution in [-0.4, -0.2) is 6.54 Å². The smallest absolute Gasteiger partial charge is 0.128 e. The quantitative estimate of drug-likeness (QED) is 0.842. The van der Waals surface area contributed by atoms with Crippen molar-refractivity contribution in [2.75, 3.05) is 6.54 Å². The molecule has 0 amide bonds. The Labute approximate surface area is 118 Å². The van der Waals surface area contributed by atoms with Crippen LogP contribution in [0.3, 0.4) is 0 Å². The molecule has 1 N–H and O–H groups in total. The van der Waals surface area contributed by atoms with Crippen molar-refractivity contribution in [2.45, 2.75) is 33.2 Å². The SMILES string of the molecule is CCCNC(c1ccc(C)s1)c1cc(C)ccc1F. The van der Waals surface area contributed by atoms with Gasteiger partial charge in [-0.1, -0.05) is 24.6 Å². The molecule has 19 heavy (non-hydrogen) atoms. The largest absolute Gasteiger partial charge is 0.306 e. The molecule has 0 aliphatic carbocycles. The van der Waals surface area contributed by atoms with Crippen molar-refractivity contribution in [3.05, 3.63) is 57.0 Å². The number of aryl methyl sites for hydroxylation is 2. The highest BCUT2D eigenvalue weighted by Gasteiger charge is 2.18. The lowest BCUT2D eigenvalue weighted by molar-refractivity contribution is 0.550. The summed E-state index contributed by atoms with van der Waals surface area (Å²) >= 11 is 1.73. The third-order valence-electron chi connectivity index (χ3n) is 3.11. The molecular formula is C16H20FNS. The fourth-order valence-corrected chi connectivity index (χ4v) is 3.12. The molecule has 0 aliphatic rings. The monoisotopic (exact) mass is 277 g/mol. The van der Waals surface area contributed by atoms with Crippen molar-refractivity contribution in [3.8, 4) is 0 Å². The summed E-state index contributed by atoms with van der Waals surface area (Å²) in [5.41, 5.74) is 1.84. The Morgan fingerprint density at radius 2 is 2.00 bits per heavy atom. The second-order valence-electron chi connectivity index (χ2n) is 4.86. The Morgan fingerprint density at radius 1 is 1.21 bits per heavy atom. The molecule has 1 aromatic heterocycles. The van der Waals surface area contributed by atoms with E-state index in [-0.39, 0.29) is 11.9 Å². The maximum Gasteiger partial charge on any atom is 0.128 e. The van der Waals surface area contributed by atoms with E-state index in [0.717, 1.165) is 24.1 Å². The summed E-state index contributed by atoms with van der Waals surface area (Å²) in [6.07, 6.45) is 1.04. The molecule has 0 fully saturated rings. The predicted molar refractivity (Wildman–Crippen MR) is 80.3 cm³/mol.